The number of hydrogen-bond acceptors (Lipinski definition) is 4. The fraction of sp³-hybridized carbons (Fsp3) is 0.0588. The van der Waals surface area contributed by atoms with E-state index in [2.05, 4.69) is 0 Å². The van der Waals surface area contributed by atoms with E-state index < -0.39 is 17.8 Å². The second kappa shape index (κ2) is 5.17. The van der Waals surface area contributed by atoms with E-state index in [1.807, 2.05) is 0 Å². The van der Waals surface area contributed by atoms with Crippen molar-refractivity contribution in [1.82, 2.24) is 4.90 Å². The first-order valence-electron chi connectivity index (χ1n) is 6.74. The number of nitrogens with zero attached hydrogens (tertiary/aromatic N) is 1. The summed E-state index contributed by atoms with van der Waals surface area (Å²) in [5, 5.41) is 8.86. The molecule has 1 aliphatic rings. The van der Waals surface area contributed by atoms with Crippen LogP contribution >= 0.6 is 0 Å². The minimum Gasteiger partial charge on any atom is -0.478 e. The van der Waals surface area contributed by atoms with Crippen molar-refractivity contribution >= 4 is 23.6 Å². The maximum absolute atomic E-state index is 12.4. The van der Waals surface area contributed by atoms with E-state index in [9.17, 15) is 19.2 Å². The summed E-state index contributed by atoms with van der Waals surface area (Å²) in [4.78, 5) is 48.0. The number of carboxylic acids is 1. The van der Waals surface area contributed by atoms with E-state index in [-0.39, 0.29) is 28.0 Å². The van der Waals surface area contributed by atoms with E-state index in [1.165, 1.54) is 49.5 Å². The third kappa shape index (κ3) is 2.30. The van der Waals surface area contributed by atoms with Gasteiger partial charge in [0.2, 0.25) is 0 Å². The molecule has 2 aromatic carbocycles. The maximum Gasteiger partial charge on any atom is 0.335 e. The smallest absolute Gasteiger partial charge is 0.335 e. The molecule has 114 valence electrons. The van der Waals surface area contributed by atoms with Gasteiger partial charge in [0.15, 0.2) is 5.78 Å². The lowest BCUT2D eigenvalue weighted by Crippen LogP contribution is -2.24. The predicted octanol–water partition coefficient (Wildman–Crippen LogP) is 1.84. The number of carbonyl (C=O) groups is 4. The van der Waals surface area contributed by atoms with Gasteiger partial charge in [0, 0.05) is 18.2 Å². The molecule has 0 saturated heterocycles. The number of benzene rings is 2. The number of rotatable bonds is 3. The van der Waals surface area contributed by atoms with E-state index in [4.69, 9.17) is 5.11 Å². The molecule has 0 radical (unpaired) electrons. The van der Waals surface area contributed by atoms with Crippen LogP contribution in [0, 0.1) is 0 Å². The summed E-state index contributed by atoms with van der Waals surface area (Å²) < 4.78 is 0. The molecule has 0 aliphatic carbocycles. The number of aromatic carboxylic acids is 1. The molecule has 2 amide bonds. The molecule has 23 heavy (non-hydrogen) atoms. The van der Waals surface area contributed by atoms with Gasteiger partial charge in [0.05, 0.1) is 16.7 Å². The average Bonchev–Trinajstić information content (AvgIpc) is 2.78. The normalized spacial score (nSPS) is 13.2. The first-order chi connectivity index (χ1) is 10.9. The Bertz CT molecular complexity index is 867. The summed E-state index contributed by atoms with van der Waals surface area (Å²) in [7, 11) is 1.39. The van der Waals surface area contributed by atoms with Gasteiger partial charge in [0.1, 0.15) is 0 Å². The second-order valence-corrected chi connectivity index (χ2v) is 5.14. The summed E-state index contributed by atoms with van der Waals surface area (Å²) in [6.07, 6.45) is 0. The first-order valence-corrected chi connectivity index (χ1v) is 6.74. The van der Waals surface area contributed by atoms with Crippen LogP contribution in [0.25, 0.3) is 0 Å². The van der Waals surface area contributed by atoms with Crippen molar-refractivity contribution in [3.63, 3.8) is 0 Å². The van der Waals surface area contributed by atoms with Crippen LogP contribution in [0.15, 0.2) is 42.5 Å². The van der Waals surface area contributed by atoms with Crippen LogP contribution in [0.2, 0.25) is 0 Å². The number of fused-ring (bicyclic) bond motifs is 1. The molecule has 0 unspecified atom stereocenters. The Labute approximate surface area is 131 Å². The van der Waals surface area contributed by atoms with Crippen LogP contribution in [0.5, 0.6) is 0 Å². The lowest BCUT2D eigenvalue weighted by molar-refractivity contribution is 0.0682. The Morgan fingerprint density at radius 3 is 1.96 bits per heavy atom. The molecule has 0 atom stereocenters. The second-order valence-electron chi connectivity index (χ2n) is 5.14. The van der Waals surface area contributed by atoms with Gasteiger partial charge in [0.25, 0.3) is 11.8 Å². The fourth-order valence-corrected chi connectivity index (χ4v) is 2.43. The lowest BCUT2D eigenvalue weighted by atomic mass is 9.98. The topological polar surface area (TPSA) is 91.8 Å². The Morgan fingerprint density at radius 1 is 0.826 bits per heavy atom. The zero-order valence-electron chi connectivity index (χ0n) is 12.1. The molecule has 3 rings (SSSR count). The first kappa shape index (κ1) is 14.6. The number of amides is 2. The van der Waals surface area contributed by atoms with Gasteiger partial charge < -0.3 is 5.11 Å². The molecule has 6 heteroatoms. The van der Waals surface area contributed by atoms with Gasteiger partial charge in [-0.3, -0.25) is 19.3 Å². The quantitative estimate of drug-likeness (QED) is 0.690. The zero-order valence-corrected chi connectivity index (χ0v) is 12.1. The molecular weight excluding hydrogens is 298 g/mol. The Morgan fingerprint density at radius 2 is 1.35 bits per heavy atom. The highest BCUT2D eigenvalue weighted by atomic mass is 16.4. The molecule has 0 spiro atoms. The molecule has 6 nitrogen and oxygen atoms in total. The number of carboxylic acid groups (broad SMARTS) is 1. The summed E-state index contributed by atoms with van der Waals surface area (Å²) in [6.45, 7) is 0. The number of hydrogen-bond donors (Lipinski definition) is 1. The molecule has 2 aromatic rings. The lowest BCUT2D eigenvalue weighted by Gasteiger charge is -2.04. The van der Waals surface area contributed by atoms with Crippen LogP contribution in [-0.4, -0.2) is 40.6 Å². The summed E-state index contributed by atoms with van der Waals surface area (Å²) in [5.74, 6) is -2.26. The van der Waals surface area contributed by atoms with E-state index in [1.54, 1.807) is 0 Å². The van der Waals surface area contributed by atoms with Crippen LogP contribution in [0.4, 0.5) is 0 Å². The van der Waals surface area contributed by atoms with Gasteiger partial charge in [-0.15, -0.1) is 0 Å². The molecule has 1 N–H and O–H groups in total. The van der Waals surface area contributed by atoms with Crippen molar-refractivity contribution in [1.29, 1.82) is 0 Å². The van der Waals surface area contributed by atoms with Crippen molar-refractivity contribution in [3.8, 4) is 0 Å². The minimum atomic E-state index is -1.08. The van der Waals surface area contributed by atoms with Crippen molar-refractivity contribution in [2.45, 2.75) is 0 Å². The zero-order chi connectivity index (χ0) is 16.7. The summed E-state index contributed by atoms with van der Waals surface area (Å²) in [5.41, 5.74) is 1.13. The molecule has 0 aromatic heterocycles. The molecular formula is C17H11NO5. The van der Waals surface area contributed by atoms with Gasteiger partial charge >= 0.3 is 5.97 Å². The largest absolute Gasteiger partial charge is 0.478 e. The highest BCUT2D eigenvalue weighted by molar-refractivity contribution is 6.22. The number of imide groups is 1. The average molecular weight is 309 g/mol. The minimum absolute atomic E-state index is 0.0814. The van der Waals surface area contributed by atoms with Gasteiger partial charge in [-0.1, -0.05) is 18.2 Å². The monoisotopic (exact) mass is 309 g/mol. The third-order valence-corrected chi connectivity index (χ3v) is 3.75. The van der Waals surface area contributed by atoms with Crippen LogP contribution in [0.3, 0.4) is 0 Å². The Balaban J connectivity index is 1.97. The van der Waals surface area contributed by atoms with Crippen molar-refractivity contribution < 1.29 is 24.3 Å². The van der Waals surface area contributed by atoms with E-state index in [0.29, 0.717) is 5.56 Å². The SMILES string of the molecule is CN1C(=O)c2ccc(C(=O)c3ccc(C(=O)O)cc3)cc2C1=O. The van der Waals surface area contributed by atoms with E-state index in [0.717, 1.165) is 4.90 Å². The summed E-state index contributed by atoms with van der Waals surface area (Å²) >= 11 is 0. The predicted molar refractivity (Wildman–Crippen MR) is 79.7 cm³/mol. The van der Waals surface area contributed by atoms with Crippen LogP contribution in [0.1, 0.15) is 47.0 Å². The standard InChI is InChI=1S/C17H11NO5/c1-18-15(20)12-7-6-11(8-13(12)16(18)21)14(19)9-2-4-10(5-3-9)17(22)23/h2-8H,1H3,(H,22,23). The highest BCUT2D eigenvalue weighted by Gasteiger charge is 2.33. The molecule has 1 aliphatic heterocycles. The van der Waals surface area contributed by atoms with Gasteiger partial charge in [-0.25, -0.2) is 4.79 Å². The van der Waals surface area contributed by atoms with Crippen LogP contribution in [-0.2, 0) is 0 Å². The van der Waals surface area contributed by atoms with Crippen molar-refractivity contribution in [2.75, 3.05) is 7.05 Å². The van der Waals surface area contributed by atoms with Crippen molar-refractivity contribution in [2.24, 2.45) is 0 Å². The Kier molecular flexibility index (Phi) is 3.29. The Hall–Kier alpha value is -3.28. The maximum atomic E-state index is 12.4. The van der Waals surface area contributed by atoms with E-state index >= 15 is 0 Å². The van der Waals surface area contributed by atoms with Gasteiger partial charge in [-0.05, 0) is 24.3 Å². The fourth-order valence-electron chi connectivity index (χ4n) is 2.43. The summed E-state index contributed by atoms with van der Waals surface area (Å²) in [6, 6.07) is 9.84. The molecule has 0 fully saturated rings. The molecule has 0 saturated carbocycles. The number of ketones is 1. The number of carbonyl (C=O) groups excluding carboxylic acids is 3. The third-order valence-electron chi connectivity index (χ3n) is 3.75. The van der Waals surface area contributed by atoms with Gasteiger partial charge in [-0.2, -0.15) is 0 Å². The van der Waals surface area contributed by atoms with Crippen LogP contribution < -0.4 is 0 Å². The molecule has 0 bridgehead atoms. The van der Waals surface area contributed by atoms with Crippen molar-refractivity contribution in [3.05, 3.63) is 70.3 Å². The molecule has 1 heterocycles. The highest BCUT2D eigenvalue weighted by Crippen LogP contribution is 2.24.